The Bertz CT molecular complexity index is 75.7. The average molecular weight is 166 g/mol. The molecule has 0 aliphatic heterocycles. The Hall–Kier alpha value is 1.38. The van der Waals surface area contributed by atoms with Gasteiger partial charge in [0.05, 0.1) is 0 Å². The third-order valence-electron chi connectivity index (χ3n) is 0.133. The largest absolute Gasteiger partial charge is 2.00 e. The van der Waals surface area contributed by atoms with E-state index >= 15 is 0 Å². The second-order valence-electron chi connectivity index (χ2n) is 0.476. The Morgan fingerprint density at radius 1 is 1.00 bits per heavy atom. The van der Waals surface area contributed by atoms with E-state index < -0.39 is 15.4 Å². The second kappa shape index (κ2) is 5.52. The first-order chi connectivity index (χ1) is 2.64. The fraction of sp³-hybridized carbons (Fsp3) is 0. The number of hydrogen-bond acceptors (Lipinski definition) is 4. The molecule has 34 valence electrons. The Morgan fingerprint density at radius 3 is 1.14 bits per heavy atom. The summed E-state index contributed by atoms with van der Waals surface area (Å²) in [7, 11) is -6.41. The third kappa shape index (κ3) is 7.38. The van der Waals surface area contributed by atoms with E-state index in [1.807, 2.05) is 0 Å². The van der Waals surface area contributed by atoms with Gasteiger partial charge >= 0.3 is 53.2 Å². The van der Waals surface area contributed by atoms with Gasteiger partial charge in [0, 0.05) is 0 Å². The van der Waals surface area contributed by atoms with Crippen LogP contribution in [0.15, 0.2) is 0 Å². The Labute approximate surface area is 71.6 Å². The van der Waals surface area contributed by atoms with Crippen LogP contribution in [0.4, 0.5) is 0 Å². The fourth-order valence-electron chi connectivity index (χ4n) is 0. The van der Waals surface area contributed by atoms with E-state index in [2.05, 4.69) is 0 Å². The molecule has 0 bridgehead atoms. The van der Waals surface area contributed by atoms with E-state index in [-0.39, 0.29) is 37.7 Å². The van der Waals surface area contributed by atoms with E-state index in [1.54, 1.807) is 0 Å². The quantitative estimate of drug-likeness (QED) is 0.359. The van der Waals surface area contributed by atoms with Crippen LogP contribution in [-0.2, 0) is 9.13 Å². The van der Waals surface area contributed by atoms with Gasteiger partial charge in [0.2, 0.25) is 0 Å². The van der Waals surface area contributed by atoms with Gasteiger partial charge in [0.25, 0.3) is 0 Å². The maximum Gasteiger partial charge on any atom is 2.00 e. The zero-order valence-corrected chi connectivity index (χ0v) is 7.23. The van der Waals surface area contributed by atoms with Crippen molar-refractivity contribution >= 4 is 53.2 Å². The predicted octanol–water partition coefficient (Wildman–Crippen LogP) is -1.27. The molecule has 4 nitrogen and oxygen atoms in total. The summed E-state index contributed by atoms with van der Waals surface area (Å²) in [5.41, 5.74) is 0. The minimum absolute atomic E-state index is 0. The molecular weight excluding hydrogens is 166 g/mol. The molecule has 0 saturated heterocycles. The molecule has 0 aliphatic carbocycles. The summed E-state index contributed by atoms with van der Waals surface area (Å²) >= 11 is 0. The standard InChI is InChI=1S/Ca.O4P2/c;1-5(2)6(3)4/q+2;. The van der Waals surface area contributed by atoms with Gasteiger partial charge in [0.1, 0.15) is 0 Å². The van der Waals surface area contributed by atoms with Crippen molar-refractivity contribution in [2.45, 2.75) is 0 Å². The van der Waals surface area contributed by atoms with Crippen molar-refractivity contribution in [2.24, 2.45) is 0 Å². The predicted molar refractivity (Wildman–Crippen MR) is 21.0 cm³/mol. The molecule has 0 N–H and O–H groups in total. The van der Waals surface area contributed by atoms with Crippen LogP contribution < -0.4 is 9.79 Å². The topological polar surface area (TPSA) is 80.3 Å². The molecular formula is CaO4P2+2. The van der Waals surface area contributed by atoms with E-state index in [0.717, 1.165) is 0 Å². The van der Waals surface area contributed by atoms with Crippen molar-refractivity contribution in [3.05, 3.63) is 0 Å². The molecule has 2 atom stereocenters. The minimum atomic E-state index is -3.21. The van der Waals surface area contributed by atoms with Crippen molar-refractivity contribution in [3.8, 4) is 0 Å². The van der Waals surface area contributed by atoms with Crippen molar-refractivity contribution in [3.63, 3.8) is 0 Å². The first-order valence-electron chi connectivity index (χ1n) is 0.930. The normalized spacial score (nSPS) is 11.7. The molecule has 0 radical (unpaired) electrons. The van der Waals surface area contributed by atoms with Crippen LogP contribution in [0.2, 0.25) is 0 Å². The Kier molecular flexibility index (Phi) is 8.83. The van der Waals surface area contributed by atoms with Crippen LogP contribution in [0.25, 0.3) is 0 Å². The number of rotatable bonds is 1. The average Bonchev–Trinajstić information content (AvgIpc) is 1.36. The molecule has 0 saturated carbocycles. The van der Waals surface area contributed by atoms with E-state index in [0.29, 0.717) is 0 Å². The summed E-state index contributed by atoms with van der Waals surface area (Å²) < 4.78 is 18.3. The van der Waals surface area contributed by atoms with Crippen molar-refractivity contribution in [1.82, 2.24) is 0 Å². The SMILES string of the molecule is O=[P+]([O-])[P+](=O)[O-].[Ca+2]. The summed E-state index contributed by atoms with van der Waals surface area (Å²) in [5, 5.41) is 0. The van der Waals surface area contributed by atoms with Crippen LogP contribution >= 0.6 is 15.4 Å². The Balaban J connectivity index is 0. The second-order valence-corrected chi connectivity index (χ2v) is 3.39. The molecule has 0 heterocycles. The van der Waals surface area contributed by atoms with Crippen LogP contribution in [-0.4, -0.2) is 37.7 Å². The van der Waals surface area contributed by atoms with Crippen LogP contribution in [0.3, 0.4) is 0 Å². The van der Waals surface area contributed by atoms with Gasteiger partial charge in [-0.05, 0) is 9.13 Å². The monoisotopic (exact) mass is 166 g/mol. The molecule has 2 unspecified atom stereocenters. The van der Waals surface area contributed by atoms with Crippen molar-refractivity contribution in [2.75, 3.05) is 0 Å². The molecule has 7 heteroatoms. The van der Waals surface area contributed by atoms with Gasteiger partial charge in [-0.1, -0.05) is 0 Å². The smallest absolute Gasteiger partial charge is 0.554 e. The first-order valence-corrected chi connectivity index (χ1v) is 3.99. The van der Waals surface area contributed by atoms with Gasteiger partial charge < -0.3 is 9.79 Å². The van der Waals surface area contributed by atoms with Gasteiger partial charge in [-0.15, -0.1) is 0 Å². The fourth-order valence-corrected chi connectivity index (χ4v) is 0. The van der Waals surface area contributed by atoms with E-state index in [1.165, 1.54) is 0 Å². The summed E-state index contributed by atoms with van der Waals surface area (Å²) in [5.74, 6) is 0. The maximum atomic E-state index is 9.14. The van der Waals surface area contributed by atoms with Crippen molar-refractivity contribution in [1.29, 1.82) is 0 Å². The summed E-state index contributed by atoms with van der Waals surface area (Å²) in [6, 6.07) is 0. The van der Waals surface area contributed by atoms with Gasteiger partial charge in [-0.2, -0.15) is 0 Å². The van der Waals surface area contributed by atoms with E-state index in [4.69, 9.17) is 18.9 Å². The molecule has 0 fully saturated rings. The third-order valence-corrected chi connectivity index (χ3v) is 1.20. The maximum absolute atomic E-state index is 9.14. The van der Waals surface area contributed by atoms with Gasteiger partial charge in [0.15, 0.2) is 0 Å². The molecule has 0 aliphatic rings. The van der Waals surface area contributed by atoms with E-state index in [9.17, 15) is 0 Å². The van der Waals surface area contributed by atoms with Crippen LogP contribution in [0, 0.1) is 0 Å². The summed E-state index contributed by atoms with van der Waals surface area (Å²) in [6.45, 7) is 0. The molecule has 0 amide bonds. The first kappa shape index (κ1) is 11.2. The minimum Gasteiger partial charge on any atom is -0.554 e. The van der Waals surface area contributed by atoms with Crippen molar-refractivity contribution < 1.29 is 18.9 Å². The molecule has 7 heavy (non-hydrogen) atoms. The Morgan fingerprint density at radius 2 is 1.14 bits per heavy atom. The van der Waals surface area contributed by atoms with Gasteiger partial charge in [-0.3, -0.25) is 0 Å². The molecule has 0 aromatic heterocycles. The molecule has 0 aromatic rings. The summed E-state index contributed by atoms with van der Waals surface area (Å²) in [6.07, 6.45) is 0. The molecule has 0 aromatic carbocycles. The zero-order valence-electron chi connectivity index (χ0n) is 3.23. The molecule has 0 spiro atoms. The molecule has 0 rings (SSSR count). The van der Waals surface area contributed by atoms with Crippen LogP contribution in [0.1, 0.15) is 0 Å². The zero-order chi connectivity index (χ0) is 5.15. The van der Waals surface area contributed by atoms with Gasteiger partial charge in [-0.25, -0.2) is 0 Å². The summed E-state index contributed by atoms with van der Waals surface area (Å²) in [4.78, 5) is 18.3. The van der Waals surface area contributed by atoms with Crippen LogP contribution in [0.5, 0.6) is 0 Å². The number of hydrogen-bond donors (Lipinski definition) is 0.